The van der Waals surface area contributed by atoms with Gasteiger partial charge in [0.05, 0.1) is 0 Å². The van der Waals surface area contributed by atoms with E-state index in [4.69, 9.17) is 0 Å². The lowest BCUT2D eigenvalue weighted by atomic mass is 9.89. The second kappa shape index (κ2) is 1.89. The van der Waals surface area contributed by atoms with Crippen LogP contribution in [0.4, 0.5) is 0 Å². The van der Waals surface area contributed by atoms with Gasteiger partial charge < -0.3 is 5.32 Å². The molecule has 0 aromatic carbocycles. The smallest absolute Gasteiger partial charge is 0.00453 e. The van der Waals surface area contributed by atoms with Gasteiger partial charge in [-0.05, 0) is 13.3 Å². The summed E-state index contributed by atoms with van der Waals surface area (Å²) in [6, 6.07) is 0.783. The summed E-state index contributed by atoms with van der Waals surface area (Å²) in [6.45, 7) is 3.57. The SMILES string of the molecule is C[C@H]1CC2(CN1)CSC2. The summed E-state index contributed by atoms with van der Waals surface area (Å²) in [5.41, 5.74) is 0.740. The molecule has 2 heteroatoms. The minimum Gasteiger partial charge on any atom is -0.314 e. The minimum absolute atomic E-state index is 0.740. The third kappa shape index (κ3) is 0.887. The van der Waals surface area contributed by atoms with Gasteiger partial charge in [0, 0.05) is 29.5 Å². The van der Waals surface area contributed by atoms with E-state index in [2.05, 4.69) is 24.0 Å². The molecule has 2 heterocycles. The fourth-order valence-electron chi connectivity index (χ4n) is 1.80. The summed E-state index contributed by atoms with van der Waals surface area (Å²) < 4.78 is 0. The van der Waals surface area contributed by atoms with E-state index in [0.717, 1.165) is 11.5 Å². The average molecular weight is 143 g/mol. The van der Waals surface area contributed by atoms with Crippen LogP contribution < -0.4 is 5.32 Å². The number of rotatable bonds is 0. The first-order valence-corrected chi connectivity index (χ1v) is 4.77. The lowest BCUT2D eigenvalue weighted by Gasteiger charge is -2.36. The van der Waals surface area contributed by atoms with Gasteiger partial charge in [-0.25, -0.2) is 0 Å². The Hall–Kier alpha value is 0.310. The first-order chi connectivity index (χ1) is 4.31. The van der Waals surface area contributed by atoms with Crippen LogP contribution in [0.3, 0.4) is 0 Å². The van der Waals surface area contributed by atoms with Gasteiger partial charge in [0.2, 0.25) is 0 Å². The fraction of sp³-hybridized carbons (Fsp3) is 1.00. The first kappa shape index (κ1) is 6.05. The zero-order chi connectivity index (χ0) is 6.32. The second-order valence-electron chi connectivity index (χ2n) is 3.48. The van der Waals surface area contributed by atoms with Crippen LogP contribution >= 0.6 is 11.8 Å². The molecule has 2 fully saturated rings. The molecule has 1 N–H and O–H groups in total. The molecule has 1 spiro atoms. The number of thioether (sulfide) groups is 1. The molecule has 0 aliphatic carbocycles. The average Bonchev–Trinajstić information content (AvgIpc) is 2.09. The molecule has 0 radical (unpaired) electrons. The minimum atomic E-state index is 0.740. The lowest BCUT2D eigenvalue weighted by molar-refractivity contribution is 0.399. The summed E-state index contributed by atoms with van der Waals surface area (Å²) >= 11 is 2.10. The number of hydrogen-bond acceptors (Lipinski definition) is 2. The molecule has 52 valence electrons. The van der Waals surface area contributed by atoms with Gasteiger partial charge in [-0.1, -0.05) is 0 Å². The highest BCUT2D eigenvalue weighted by Crippen LogP contribution is 2.43. The standard InChI is InChI=1S/C7H13NS/c1-6-2-7(3-8-6)4-9-5-7/h6,8H,2-5H2,1H3/t6-/m0/s1. The fourth-order valence-corrected chi connectivity index (χ4v) is 3.02. The Balaban J connectivity index is 1.99. The third-order valence-electron chi connectivity index (χ3n) is 2.38. The number of nitrogens with one attached hydrogen (secondary N) is 1. The molecular weight excluding hydrogens is 130 g/mol. The van der Waals surface area contributed by atoms with E-state index in [1.54, 1.807) is 0 Å². The van der Waals surface area contributed by atoms with Crippen LogP contribution in [0.1, 0.15) is 13.3 Å². The monoisotopic (exact) mass is 143 g/mol. The van der Waals surface area contributed by atoms with Gasteiger partial charge >= 0.3 is 0 Å². The predicted molar refractivity (Wildman–Crippen MR) is 41.8 cm³/mol. The van der Waals surface area contributed by atoms with E-state index in [1.165, 1.54) is 24.5 Å². The molecule has 0 aromatic rings. The molecule has 9 heavy (non-hydrogen) atoms. The second-order valence-corrected chi connectivity index (χ2v) is 4.46. The van der Waals surface area contributed by atoms with Crippen LogP contribution in [0.5, 0.6) is 0 Å². The molecule has 0 bridgehead atoms. The van der Waals surface area contributed by atoms with Crippen LogP contribution in [0.25, 0.3) is 0 Å². The molecule has 2 rings (SSSR count). The predicted octanol–water partition coefficient (Wildman–Crippen LogP) is 1.10. The van der Waals surface area contributed by atoms with Crippen LogP contribution in [-0.4, -0.2) is 24.1 Å². The maximum absolute atomic E-state index is 3.50. The van der Waals surface area contributed by atoms with Crippen molar-refractivity contribution in [1.29, 1.82) is 0 Å². The highest BCUT2D eigenvalue weighted by Gasteiger charge is 2.42. The quantitative estimate of drug-likeness (QED) is 0.545. The summed E-state index contributed by atoms with van der Waals surface area (Å²) in [5, 5.41) is 3.50. The van der Waals surface area contributed by atoms with Crippen molar-refractivity contribution in [2.45, 2.75) is 19.4 Å². The highest BCUT2D eigenvalue weighted by atomic mass is 32.2. The Labute approximate surface area is 60.6 Å². The lowest BCUT2D eigenvalue weighted by Crippen LogP contribution is -2.37. The molecule has 2 aliphatic rings. The van der Waals surface area contributed by atoms with E-state index >= 15 is 0 Å². The van der Waals surface area contributed by atoms with Crippen LogP contribution in [0, 0.1) is 5.41 Å². The molecule has 2 saturated heterocycles. The van der Waals surface area contributed by atoms with Gasteiger partial charge in [-0.15, -0.1) is 0 Å². The topological polar surface area (TPSA) is 12.0 Å². The molecule has 0 saturated carbocycles. The van der Waals surface area contributed by atoms with Gasteiger partial charge in [0.15, 0.2) is 0 Å². The molecular formula is C7H13NS. The van der Waals surface area contributed by atoms with Crippen LogP contribution in [-0.2, 0) is 0 Å². The molecule has 0 amide bonds. The normalized spacial score (nSPS) is 39.0. The van der Waals surface area contributed by atoms with Crippen molar-refractivity contribution in [2.75, 3.05) is 18.1 Å². The third-order valence-corrected chi connectivity index (χ3v) is 4.01. The Morgan fingerprint density at radius 3 is 2.56 bits per heavy atom. The van der Waals surface area contributed by atoms with Gasteiger partial charge in [0.25, 0.3) is 0 Å². The van der Waals surface area contributed by atoms with Gasteiger partial charge in [-0.3, -0.25) is 0 Å². The van der Waals surface area contributed by atoms with Crippen molar-refractivity contribution >= 4 is 11.8 Å². The maximum Gasteiger partial charge on any atom is 0.00453 e. The van der Waals surface area contributed by atoms with Crippen molar-refractivity contribution < 1.29 is 0 Å². The Morgan fingerprint density at radius 2 is 2.33 bits per heavy atom. The Morgan fingerprint density at radius 1 is 1.56 bits per heavy atom. The van der Waals surface area contributed by atoms with Crippen molar-refractivity contribution in [1.82, 2.24) is 5.32 Å². The van der Waals surface area contributed by atoms with E-state index in [1.807, 2.05) is 0 Å². The summed E-state index contributed by atoms with van der Waals surface area (Å²) in [6.07, 6.45) is 1.42. The molecule has 1 atom stereocenters. The van der Waals surface area contributed by atoms with E-state index in [9.17, 15) is 0 Å². The summed E-state index contributed by atoms with van der Waals surface area (Å²) in [5.74, 6) is 2.81. The van der Waals surface area contributed by atoms with E-state index in [-0.39, 0.29) is 0 Å². The Kier molecular flexibility index (Phi) is 1.27. The van der Waals surface area contributed by atoms with Gasteiger partial charge in [0.1, 0.15) is 0 Å². The zero-order valence-corrected chi connectivity index (χ0v) is 6.63. The molecule has 0 unspecified atom stereocenters. The zero-order valence-electron chi connectivity index (χ0n) is 5.81. The van der Waals surface area contributed by atoms with Crippen molar-refractivity contribution in [3.63, 3.8) is 0 Å². The first-order valence-electron chi connectivity index (χ1n) is 3.62. The van der Waals surface area contributed by atoms with E-state index in [0.29, 0.717) is 0 Å². The van der Waals surface area contributed by atoms with Gasteiger partial charge in [-0.2, -0.15) is 11.8 Å². The van der Waals surface area contributed by atoms with Crippen molar-refractivity contribution in [3.05, 3.63) is 0 Å². The maximum atomic E-state index is 3.50. The number of hydrogen-bond donors (Lipinski definition) is 1. The molecule has 2 aliphatic heterocycles. The summed E-state index contributed by atoms with van der Waals surface area (Å²) in [4.78, 5) is 0. The van der Waals surface area contributed by atoms with Crippen LogP contribution in [0.2, 0.25) is 0 Å². The highest BCUT2D eigenvalue weighted by molar-refractivity contribution is 8.00. The largest absolute Gasteiger partial charge is 0.314 e. The van der Waals surface area contributed by atoms with Crippen molar-refractivity contribution in [3.8, 4) is 0 Å². The van der Waals surface area contributed by atoms with Crippen LogP contribution in [0.15, 0.2) is 0 Å². The molecule has 1 nitrogen and oxygen atoms in total. The van der Waals surface area contributed by atoms with E-state index < -0.39 is 0 Å². The molecule has 0 aromatic heterocycles. The van der Waals surface area contributed by atoms with Crippen molar-refractivity contribution in [2.24, 2.45) is 5.41 Å². The Bertz CT molecular complexity index is 120. The summed E-state index contributed by atoms with van der Waals surface area (Å²) in [7, 11) is 0.